The van der Waals surface area contributed by atoms with Gasteiger partial charge in [-0.3, -0.25) is 9.59 Å². The Bertz CT molecular complexity index is 918. The Morgan fingerprint density at radius 2 is 1.85 bits per heavy atom. The van der Waals surface area contributed by atoms with Gasteiger partial charge in [-0.1, -0.05) is 12.1 Å². The topological polar surface area (TPSA) is 70.4 Å². The van der Waals surface area contributed by atoms with Crippen LogP contribution in [0.4, 0.5) is 10.1 Å². The maximum atomic E-state index is 13.0. The summed E-state index contributed by atoms with van der Waals surface area (Å²) in [6, 6.07) is 14.9. The number of nitrogens with zero attached hydrogens (tertiary/aromatic N) is 2. The lowest BCUT2D eigenvalue weighted by atomic mass is 10.1. The van der Waals surface area contributed by atoms with E-state index in [4.69, 9.17) is 10.00 Å². The van der Waals surface area contributed by atoms with Crippen LogP contribution < -0.4 is 4.90 Å². The van der Waals surface area contributed by atoms with Crippen LogP contribution in [0.3, 0.4) is 0 Å². The van der Waals surface area contributed by atoms with Crippen molar-refractivity contribution in [2.24, 2.45) is 5.92 Å². The highest BCUT2D eigenvalue weighted by molar-refractivity contribution is 6.00. The molecule has 4 rings (SSSR count). The fourth-order valence-electron chi connectivity index (χ4n) is 3.50. The third kappa shape index (κ3) is 3.41. The highest BCUT2D eigenvalue weighted by atomic mass is 19.1. The molecule has 2 fully saturated rings. The monoisotopic (exact) mass is 364 g/mol. The zero-order valence-corrected chi connectivity index (χ0v) is 14.5. The number of hydrogen-bond acceptors (Lipinski definition) is 4. The molecule has 6 heteroatoms. The molecule has 0 aromatic heterocycles. The van der Waals surface area contributed by atoms with E-state index in [0.29, 0.717) is 30.6 Å². The van der Waals surface area contributed by atoms with Crippen molar-refractivity contribution >= 4 is 17.6 Å². The number of carbonyl (C=O) groups excluding carboxylic acids is 2. The quantitative estimate of drug-likeness (QED) is 0.782. The minimum absolute atomic E-state index is 0.0317. The first-order valence-corrected chi connectivity index (χ1v) is 8.84. The number of benzene rings is 2. The molecule has 1 saturated carbocycles. The number of amides is 1. The smallest absolute Gasteiger partial charge is 0.310 e. The summed E-state index contributed by atoms with van der Waals surface area (Å²) in [4.78, 5) is 26.5. The number of anilines is 1. The summed E-state index contributed by atoms with van der Waals surface area (Å²) in [6.45, 7) is 0.467. The highest BCUT2D eigenvalue weighted by Gasteiger charge is 2.47. The van der Waals surface area contributed by atoms with Crippen molar-refractivity contribution < 1.29 is 18.7 Å². The van der Waals surface area contributed by atoms with Gasteiger partial charge in [-0.15, -0.1) is 0 Å². The Balaban J connectivity index is 1.36. The second kappa shape index (κ2) is 6.84. The first kappa shape index (κ1) is 17.2. The predicted octanol–water partition coefficient (Wildman–Crippen LogP) is 3.15. The van der Waals surface area contributed by atoms with Gasteiger partial charge in [0, 0.05) is 18.7 Å². The van der Waals surface area contributed by atoms with Gasteiger partial charge >= 0.3 is 5.97 Å². The highest BCUT2D eigenvalue weighted by Crippen LogP contribution is 2.48. The normalized spacial score (nSPS) is 23.8. The van der Waals surface area contributed by atoms with Crippen molar-refractivity contribution in [3.05, 3.63) is 65.5 Å². The maximum Gasteiger partial charge on any atom is 0.310 e. The number of esters is 1. The average Bonchev–Trinajstić information content (AvgIpc) is 3.41. The molecular weight excluding hydrogens is 347 g/mol. The average molecular weight is 364 g/mol. The molecule has 1 aliphatic carbocycles. The molecular formula is C21H17FN2O3. The Hall–Kier alpha value is -3.20. The zero-order valence-electron chi connectivity index (χ0n) is 14.5. The van der Waals surface area contributed by atoms with Crippen LogP contribution in [0.15, 0.2) is 48.5 Å². The van der Waals surface area contributed by atoms with Crippen molar-refractivity contribution in [1.82, 2.24) is 0 Å². The molecule has 2 aromatic carbocycles. The van der Waals surface area contributed by atoms with Gasteiger partial charge < -0.3 is 9.64 Å². The van der Waals surface area contributed by atoms with E-state index >= 15 is 0 Å². The van der Waals surface area contributed by atoms with Gasteiger partial charge in [0.1, 0.15) is 5.82 Å². The van der Waals surface area contributed by atoms with Crippen LogP contribution in [0.1, 0.15) is 29.9 Å². The minimum Gasteiger partial charge on any atom is -0.452 e. The standard InChI is InChI=1S/C21H17FN2O3/c22-15-5-3-14(4-6-15)17-11-18(17)21(26)27-19-9-10-24(20(19)25)16-7-1-13(12-23)2-8-16/h1-8,17-19H,9-11H2/t17-,18-,19-/m0/s1. The Morgan fingerprint density at radius 1 is 1.15 bits per heavy atom. The van der Waals surface area contributed by atoms with Crippen LogP contribution in [0.5, 0.6) is 0 Å². The first-order chi connectivity index (χ1) is 13.1. The van der Waals surface area contributed by atoms with E-state index in [9.17, 15) is 14.0 Å². The van der Waals surface area contributed by atoms with Crippen molar-refractivity contribution in [2.75, 3.05) is 11.4 Å². The number of halogens is 1. The van der Waals surface area contributed by atoms with Gasteiger partial charge in [-0.2, -0.15) is 5.26 Å². The SMILES string of the molecule is N#Cc1ccc(N2CC[C@H](OC(=O)[C@H]3C[C@H]3c3ccc(F)cc3)C2=O)cc1. The number of carbonyl (C=O) groups is 2. The van der Waals surface area contributed by atoms with Gasteiger partial charge in [0.25, 0.3) is 5.91 Å². The van der Waals surface area contributed by atoms with Crippen LogP contribution in [0.2, 0.25) is 0 Å². The van der Waals surface area contributed by atoms with Crippen LogP contribution >= 0.6 is 0 Å². The van der Waals surface area contributed by atoms with E-state index in [0.717, 1.165) is 5.56 Å². The summed E-state index contributed by atoms with van der Waals surface area (Å²) in [5.41, 5.74) is 2.12. The van der Waals surface area contributed by atoms with E-state index in [-0.39, 0.29) is 29.5 Å². The molecule has 0 bridgehead atoms. The largest absolute Gasteiger partial charge is 0.452 e. The number of ether oxygens (including phenoxy) is 1. The molecule has 136 valence electrons. The van der Waals surface area contributed by atoms with Gasteiger partial charge in [0.2, 0.25) is 0 Å². The molecule has 27 heavy (non-hydrogen) atoms. The summed E-state index contributed by atoms with van der Waals surface area (Å²) in [5.74, 6) is -1.16. The lowest BCUT2D eigenvalue weighted by molar-refractivity contribution is -0.154. The molecule has 1 amide bonds. The summed E-state index contributed by atoms with van der Waals surface area (Å²) in [6.07, 6.45) is 0.325. The van der Waals surface area contributed by atoms with E-state index in [1.54, 1.807) is 41.3 Å². The van der Waals surface area contributed by atoms with Crippen molar-refractivity contribution in [3.8, 4) is 6.07 Å². The van der Waals surface area contributed by atoms with Gasteiger partial charge in [0.05, 0.1) is 17.6 Å². The molecule has 2 aromatic rings. The molecule has 0 spiro atoms. The minimum atomic E-state index is -0.775. The Kier molecular flexibility index (Phi) is 4.36. The van der Waals surface area contributed by atoms with E-state index < -0.39 is 6.10 Å². The van der Waals surface area contributed by atoms with Crippen molar-refractivity contribution in [1.29, 1.82) is 5.26 Å². The second-order valence-electron chi connectivity index (χ2n) is 6.86. The third-order valence-electron chi connectivity index (χ3n) is 5.11. The molecule has 1 aliphatic heterocycles. The number of rotatable bonds is 4. The molecule has 2 aliphatic rings. The number of nitriles is 1. The van der Waals surface area contributed by atoms with E-state index in [1.807, 2.05) is 6.07 Å². The van der Waals surface area contributed by atoms with Crippen molar-refractivity contribution in [2.45, 2.75) is 24.9 Å². The van der Waals surface area contributed by atoms with E-state index in [1.165, 1.54) is 12.1 Å². The Labute approximate surface area is 156 Å². The summed E-state index contributed by atoms with van der Waals surface area (Å²) < 4.78 is 18.5. The van der Waals surface area contributed by atoms with Crippen LogP contribution in [-0.2, 0) is 14.3 Å². The number of hydrogen-bond donors (Lipinski definition) is 0. The summed E-state index contributed by atoms with van der Waals surface area (Å²) in [5, 5.41) is 8.86. The second-order valence-corrected chi connectivity index (χ2v) is 6.86. The fourth-order valence-corrected chi connectivity index (χ4v) is 3.50. The molecule has 5 nitrogen and oxygen atoms in total. The Morgan fingerprint density at radius 3 is 2.52 bits per heavy atom. The van der Waals surface area contributed by atoms with Gasteiger partial charge in [-0.05, 0) is 54.3 Å². The molecule has 1 saturated heterocycles. The van der Waals surface area contributed by atoms with Crippen LogP contribution in [-0.4, -0.2) is 24.5 Å². The van der Waals surface area contributed by atoms with E-state index in [2.05, 4.69) is 0 Å². The van der Waals surface area contributed by atoms with Crippen molar-refractivity contribution in [3.63, 3.8) is 0 Å². The summed E-state index contributed by atoms with van der Waals surface area (Å²) >= 11 is 0. The fraction of sp³-hybridized carbons (Fsp3) is 0.286. The molecule has 3 atom stereocenters. The molecule has 0 radical (unpaired) electrons. The maximum absolute atomic E-state index is 13.0. The van der Waals surface area contributed by atoms with Gasteiger partial charge in [0.15, 0.2) is 6.10 Å². The molecule has 0 N–H and O–H groups in total. The van der Waals surface area contributed by atoms with Crippen LogP contribution in [0, 0.1) is 23.1 Å². The zero-order chi connectivity index (χ0) is 19.0. The molecule has 0 unspecified atom stereocenters. The third-order valence-corrected chi connectivity index (χ3v) is 5.11. The molecule has 1 heterocycles. The van der Waals surface area contributed by atoms with Crippen LogP contribution in [0.25, 0.3) is 0 Å². The predicted molar refractivity (Wildman–Crippen MR) is 95.3 cm³/mol. The van der Waals surface area contributed by atoms with Gasteiger partial charge in [-0.25, -0.2) is 4.39 Å². The summed E-state index contributed by atoms with van der Waals surface area (Å²) in [7, 11) is 0. The lowest BCUT2D eigenvalue weighted by Gasteiger charge is -2.17. The first-order valence-electron chi connectivity index (χ1n) is 8.84. The lowest BCUT2D eigenvalue weighted by Crippen LogP contribution is -2.32.